The van der Waals surface area contributed by atoms with Crippen LogP contribution in [0.1, 0.15) is 12.8 Å². The van der Waals surface area contributed by atoms with E-state index < -0.39 is 18.0 Å². The number of hydroxylamine groups is 2. The highest BCUT2D eigenvalue weighted by molar-refractivity contribution is 6.01. The van der Waals surface area contributed by atoms with Gasteiger partial charge in [-0.05, 0) is 6.07 Å². The van der Waals surface area contributed by atoms with E-state index in [4.69, 9.17) is 13.6 Å². The summed E-state index contributed by atoms with van der Waals surface area (Å²) in [5.74, 6) is -0.894. The Morgan fingerprint density at radius 1 is 1.21 bits per heavy atom. The molecule has 1 aliphatic heterocycles. The number of imide groups is 1. The lowest BCUT2D eigenvalue weighted by atomic mass is 10.4. The van der Waals surface area contributed by atoms with E-state index in [0.717, 1.165) is 6.26 Å². The van der Waals surface area contributed by atoms with Crippen LogP contribution in [0, 0.1) is 0 Å². The summed E-state index contributed by atoms with van der Waals surface area (Å²) in [5, 5.41) is 0.839. The largest absolute Gasteiger partial charge is 0.539 e. The SMILES string of the molecule is O=C(Oc1coc2occc12)ON1C(=O)CCC1=O. The van der Waals surface area contributed by atoms with E-state index in [1.807, 2.05) is 0 Å². The van der Waals surface area contributed by atoms with Crippen molar-refractivity contribution in [1.82, 2.24) is 5.06 Å². The minimum absolute atomic E-state index is 0.0177. The van der Waals surface area contributed by atoms with Crippen LogP contribution in [0.2, 0.25) is 0 Å². The molecule has 0 saturated carbocycles. The predicted octanol–water partition coefficient (Wildman–Crippen LogP) is 1.61. The second-order valence-electron chi connectivity index (χ2n) is 3.75. The first-order valence-corrected chi connectivity index (χ1v) is 5.35. The van der Waals surface area contributed by atoms with Crippen LogP contribution < -0.4 is 4.74 Å². The van der Waals surface area contributed by atoms with Crippen LogP contribution in [0.3, 0.4) is 0 Å². The fourth-order valence-corrected chi connectivity index (χ4v) is 1.66. The zero-order valence-corrected chi connectivity index (χ0v) is 9.45. The van der Waals surface area contributed by atoms with E-state index in [9.17, 15) is 14.4 Å². The number of carbonyl (C=O) groups is 3. The Morgan fingerprint density at radius 2 is 1.95 bits per heavy atom. The molecule has 2 aromatic heterocycles. The van der Waals surface area contributed by atoms with Crippen LogP contribution >= 0.6 is 0 Å². The molecule has 0 atom stereocenters. The van der Waals surface area contributed by atoms with E-state index in [0.29, 0.717) is 10.4 Å². The van der Waals surface area contributed by atoms with Gasteiger partial charge in [-0.3, -0.25) is 14.4 Å². The standard InChI is InChI=1S/C11H7NO7/c13-8-1-2-9(14)12(8)19-11(15)18-7-5-17-10-6(7)3-4-16-10/h3-5H,1-2H2. The third kappa shape index (κ3) is 1.92. The van der Waals surface area contributed by atoms with Crippen LogP contribution in [-0.2, 0) is 14.4 Å². The molecule has 0 unspecified atom stereocenters. The van der Waals surface area contributed by atoms with Crippen LogP contribution in [-0.4, -0.2) is 23.0 Å². The summed E-state index contributed by atoms with van der Waals surface area (Å²) in [5.41, 5.74) is 0. The predicted molar refractivity (Wildman–Crippen MR) is 56.7 cm³/mol. The van der Waals surface area contributed by atoms with Gasteiger partial charge in [-0.1, -0.05) is 5.06 Å². The molecular weight excluding hydrogens is 258 g/mol. The fourth-order valence-electron chi connectivity index (χ4n) is 1.66. The maximum absolute atomic E-state index is 11.5. The molecule has 1 saturated heterocycles. The van der Waals surface area contributed by atoms with Crippen molar-refractivity contribution in [2.45, 2.75) is 12.8 Å². The van der Waals surface area contributed by atoms with Crippen molar-refractivity contribution < 1.29 is 32.8 Å². The normalized spacial score (nSPS) is 15.3. The Kier molecular flexibility index (Phi) is 2.48. The Balaban J connectivity index is 1.70. The van der Waals surface area contributed by atoms with Crippen molar-refractivity contribution >= 4 is 29.1 Å². The number of furan rings is 2. The molecule has 2 amide bonds. The quantitative estimate of drug-likeness (QED) is 0.600. The maximum Gasteiger partial charge on any atom is 0.539 e. The molecule has 0 N–H and O–H groups in total. The first-order valence-electron chi connectivity index (χ1n) is 5.35. The maximum atomic E-state index is 11.5. The highest BCUT2D eigenvalue weighted by Gasteiger charge is 2.33. The van der Waals surface area contributed by atoms with Crippen molar-refractivity contribution in [3.63, 3.8) is 0 Å². The molecular formula is C11H7NO7. The number of fused-ring (bicyclic) bond motifs is 1. The second-order valence-corrected chi connectivity index (χ2v) is 3.75. The molecule has 19 heavy (non-hydrogen) atoms. The zero-order valence-electron chi connectivity index (χ0n) is 9.45. The molecule has 0 radical (unpaired) electrons. The minimum atomic E-state index is -1.20. The minimum Gasteiger partial charge on any atom is -0.433 e. The Labute approximate surface area is 105 Å². The van der Waals surface area contributed by atoms with Crippen LogP contribution in [0.25, 0.3) is 11.2 Å². The van der Waals surface area contributed by atoms with Crippen molar-refractivity contribution in [2.75, 3.05) is 0 Å². The van der Waals surface area contributed by atoms with Gasteiger partial charge in [-0.15, -0.1) is 0 Å². The third-order valence-corrected chi connectivity index (χ3v) is 2.53. The number of nitrogens with zero attached hydrogens (tertiary/aromatic N) is 1. The van der Waals surface area contributed by atoms with Crippen molar-refractivity contribution in [3.8, 4) is 5.75 Å². The van der Waals surface area contributed by atoms with Gasteiger partial charge in [0.15, 0.2) is 5.75 Å². The van der Waals surface area contributed by atoms with Crippen molar-refractivity contribution in [1.29, 1.82) is 0 Å². The first kappa shape index (κ1) is 11.3. The third-order valence-electron chi connectivity index (χ3n) is 2.53. The molecule has 1 aliphatic rings. The topological polar surface area (TPSA) is 99.2 Å². The molecule has 0 spiro atoms. The summed E-state index contributed by atoms with van der Waals surface area (Å²) in [6.45, 7) is 0. The summed E-state index contributed by atoms with van der Waals surface area (Å²) in [4.78, 5) is 38.5. The van der Waals surface area contributed by atoms with Gasteiger partial charge in [-0.25, -0.2) is 4.79 Å². The fraction of sp³-hybridized carbons (Fsp3) is 0.182. The molecule has 3 heterocycles. The molecule has 3 rings (SSSR count). The Morgan fingerprint density at radius 3 is 2.68 bits per heavy atom. The molecule has 2 aromatic rings. The number of ether oxygens (including phenoxy) is 1. The lowest BCUT2D eigenvalue weighted by Gasteiger charge is -2.11. The van der Waals surface area contributed by atoms with Crippen molar-refractivity contribution in [3.05, 3.63) is 18.6 Å². The van der Waals surface area contributed by atoms with Crippen LogP contribution in [0.5, 0.6) is 5.75 Å². The number of hydrogen-bond donors (Lipinski definition) is 0. The number of amides is 2. The zero-order chi connectivity index (χ0) is 13.4. The average Bonchev–Trinajstić information content (AvgIpc) is 3.03. The smallest absolute Gasteiger partial charge is 0.433 e. The van der Waals surface area contributed by atoms with E-state index in [1.165, 1.54) is 12.3 Å². The number of rotatable bonds is 2. The van der Waals surface area contributed by atoms with E-state index in [1.54, 1.807) is 0 Å². The summed E-state index contributed by atoms with van der Waals surface area (Å²) < 4.78 is 14.7. The lowest BCUT2D eigenvalue weighted by molar-refractivity contribution is -0.174. The summed E-state index contributed by atoms with van der Waals surface area (Å²) in [7, 11) is 0. The molecule has 0 aliphatic carbocycles. The van der Waals surface area contributed by atoms with Gasteiger partial charge in [0.05, 0.1) is 6.26 Å². The highest BCUT2D eigenvalue weighted by atomic mass is 16.8. The summed E-state index contributed by atoms with van der Waals surface area (Å²) >= 11 is 0. The Bertz CT molecular complexity index is 651. The molecule has 8 heteroatoms. The van der Waals surface area contributed by atoms with E-state index in [-0.39, 0.29) is 24.4 Å². The van der Waals surface area contributed by atoms with E-state index in [2.05, 4.69) is 4.84 Å². The monoisotopic (exact) mass is 265 g/mol. The van der Waals surface area contributed by atoms with Gasteiger partial charge in [0.25, 0.3) is 11.8 Å². The number of carbonyl (C=O) groups excluding carboxylic acids is 3. The average molecular weight is 265 g/mol. The van der Waals surface area contributed by atoms with Gasteiger partial charge in [0.1, 0.15) is 11.6 Å². The molecule has 98 valence electrons. The molecule has 1 fully saturated rings. The molecule has 0 bridgehead atoms. The van der Waals surface area contributed by atoms with Crippen molar-refractivity contribution in [2.24, 2.45) is 0 Å². The first-order chi connectivity index (χ1) is 9.15. The van der Waals surface area contributed by atoms with Gasteiger partial charge >= 0.3 is 11.9 Å². The Hall–Kier alpha value is -2.77. The van der Waals surface area contributed by atoms with Gasteiger partial charge in [0.2, 0.25) is 0 Å². The highest BCUT2D eigenvalue weighted by Crippen LogP contribution is 2.29. The number of hydrogen-bond acceptors (Lipinski definition) is 7. The lowest BCUT2D eigenvalue weighted by Crippen LogP contribution is -2.33. The van der Waals surface area contributed by atoms with Gasteiger partial charge in [-0.2, -0.15) is 0 Å². The molecule has 8 nitrogen and oxygen atoms in total. The van der Waals surface area contributed by atoms with Crippen LogP contribution in [0.4, 0.5) is 4.79 Å². The van der Waals surface area contributed by atoms with Gasteiger partial charge < -0.3 is 13.6 Å². The summed E-state index contributed by atoms with van der Waals surface area (Å²) in [6, 6.07) is 1.54. The van der Waals surface area contributed by atoms with E-state index >= 15 is 0 Å². The second kappa shape index (κ2) is 4.16. The van der Waals surface area contributed by atoms with Gasteiger partial charge in [0, 0.05) is 12.8 Å². The summed E-state index contributed by atoms with van der Waals surface area (Å²) in [6.07, 6.45) is 1.35. The molecule has 0 aromatic carbocycles. The van der Waals surface area contributed by atoms with Crippen LogP contribution in [0.15, 0.2) is 27.4 Å².